The third-order valence-corrected chi connectivity index (χ3v) is 3.26. The number of ether oxygens (including phenoxy) is 1. The second kappa shape index (κ2) is 5.09. The van der Waals surface area contributed by atoms with E-state index >= 15 is 0 Å². The van der Waals surface area contributed by atoms with Gasteiger partial charge in [0.1, 0.15) is 5.75 Å². The van der Waals surface area contributed by atoms with Crippen molar-refractivity contribution in [3.63, 3.8) is 0 Å². The first-order valence-corrected chi connectivity index (χ1v) is 6.59. The van der Waals surface area contributed by atoms with E-state index in [0.717, 1.165) is 16.8 Å². The maximum absolute atomic E-state index is 11.3. The van der Waals surface area contributed by atoms with Crippen LogP contribution >= 0.6 is 11.6 Å². The standard InChI is InChI=1S/C14H12ClN3O2/c1-8-7-16-14(15)18-13(8)20-10-3-4-11-9(6-10)2-5-12(19)17-11/h3-4,6-7H,2,5H2,1H3,(H,17,19). The van der Waals surface area contributed by atoms with Crippen molar-refractivity contribution in [1.29, 1.82) is 0 Å². The molecule has 0 unspecified atom stereocenters. The van der Waals surface area contributed by atoms with Crippen molar-refractivity contribution >= 4 is 23.2 Å². The lowest BCUT2D eigenvalue weighted by Crippen LogP contribution is -2.18. The Kier molecular flexibility index (Phi) is 3.28. The van der Waals surface area contributed by atoms with Crippen LogP contribution in [-0.4, -0.2) is 15.9 Å². The molecule has 102 valence electrons. The predicted octanol–water partition coefficient (Wildman–Crippen LogP) is 3.12. The Morgan fingerprint density at radius 2 is 2.20 bits per heavy atom. The smallest absolute Gasteiger partial charge is 0.226 e. The highest BCUT2D eigenvalue weighted by Crippen LogP contribution is 2.30. The molecule has 2 aromatic rings. The molecule has 0 radical (unpaired) electrons. The Bertz CT molecular complexity index is 688. The number of fused-ring (bicyclic) bond motifs is 1. The zero-order valence-electron chi connectivity index (χ0n) is 10.8. The van der Waals surface area contributed by atoms with E-state index in [1.165, 1.54) is 0 Å². The summed E-state index contributed by atoms with van der Waals surface area (Å²) in [6, 6.07) is 5.53. The summed E-state index contributed by atoms with van der Waals surface area (Å²) in [5, 5.41) is 2.98. The quantitative estimate of drug-likeness (QED) is 0.863. The van der Waals surface area contributed by atoms with E-state index in [4.69, 9.17) is 16.3 Å². The fourth-order valence-corrected chi connectivity index (χ4v) is 2.17. The summed E-state index contributed by atoms with van der Waals surface area (Å²) in [5.41, 5.74) is 2.70. The number of hydrogen-bond acceptors (Lipinski definition) is 4. The number of nitrogens with one attached hydrogen (secondary N) is 1. The first kappa shape index (κ1) is 12.9. The second-order valence-corrected chi connectivity index (χ2v) is 4.93. The van der Waals surface area contributed by atoms with Crippen LogP contribution < -0.4 is 10.1 Å². The van der Waals surface area contributed by atoms with Crippen LogP contribution in [0.15, 0.2) is 24.4 Å². The van der Waals surface area contributed by atoms with E-state index in [2.05, 4.69) is 15.3 Å². The highest BCUT2D eigenvalue weighted by molar-refractivity contribution is 6.28. The van der Waals surface area contributed by atoms with Gasteiger partial charge in [-0.2, -0.15) is 4.98 Å². The predicted molar refractivity (Wildman–Crippen MR) is 75.2 cm³/mol. The molecule has 20 heavy (non-hydrogen) atoms. The van der Waals surface area contributed by atoms with Crippen molar-refractivity contribution in [3.05, 3.63) is 40.8 Å². The molecular formula is C14H12ClN3O2. The number of carbonyl (C=O) groups excluding carboxylic acids is 1. The van der Waals surface area contributed by atoms with Crippen LogP contribution in [-0.2, 0) is 11.2 Å². The number of aromatic nitrogens is 2. The molecule has 1 aromatic carbocycles. The van der Waals surface area contributed by atoms with Gasteiger partial charge in [-0.15, -0.1) is 0 Å². The molecule has 5 nitrogen and oxygen atoms in total. The Morgan fingerprint density at radius 1 is 1.35 bits per heavy atom. The van der Waals surface area contributed by atoms with Crippen LogP contribution in [0.25, 0.3) is 0 Å². The van der Waals surface area contributed by atoms with Gasteiger partial charge in [-0.1, -0.05) is 0 Å². The van der Waals surface area contributed by atoms with E-state index < -0.39 is 0 Å². The summed E-state index contributed by atoms with van der Waals surface area (Å²) < 4.78 is 5.73. The molecule has 1 aromatic heterocycles. The molecule has 0 fully saturated rings. The Hall–Kier alpha value is -2.14. The Labute approximate surface area is 121 Å². The molecule has 0 bridgehead atoms. The lowest BCUT2D eigenvalue weighted by Gasteiger charge is -2.17. The zero-order chi connectivity index (χ0) is 14.1. The number of anilines is 1. The van der Waals surface area contributed by atoms with Gasteiger partial charge < -0.3 is 10.1 Å². The van der Waals surface area contributed by atoms with Crippen LogP contribution in [0.4, 0.5) is 5.69 Å². The third kappa shape index (κ3) is 2.58. The van der Waals surface area contributed by atoms with Gasteiger partial charge in [0.2, 0.25) is 17.1 Å². The van der Waals surface area contributed by atoms with Gasteiger partial charge in [0.25, 0.3) is 0 Å². The molecule has 6 heteroatoms. The maximum Gasteiger partial charge on any atom is 0.226 e. The molecule has 1 amide bonds. The van der Waals surface area contributed by atoms with Crippen molar-refractivity contribution in [2.24, 2.45) is 0 Å². The summed E-state index contributed by atoms with van der Waals surface area (Å²) >= 11 is 5.76. The van der Waals surface area contributed by atoms with Crippen LogP contribution in [0.5, 0.6) is 11.6 Å². The number of benzene rings is 1. The third-order valence-electron chi connectivity index (χ3n) is 3.08. The first-order valence-electron chi connectivity index (χ1n) is 6.21. The molecule has 0 saturated carbocycles. The SMILES string of the molecule is Cc1cnc(Cl)nc1Oc1ccc2c(c1)CCC(=O)N2. The number of hydrogen-bond donors (Lipinski definition) is 1. The summed E-state index contributed by atoms with van der Waals surface area (Å²) in [4.78, 5) is 19.3. The molecular weight excluding hydrogens is 278 g/mol. The van der Waals surface area contributed by atoms with Gasteiger partial charge in [0.05, 0.1) is 0 Å². The van der Waals surface area contributed by atoms with Crippen molar-refractivity contribution in [2.45, 2.75) is 19.8 Å². The van der Waals surface area contributed by atoms with Gasteiger partial charge in [0, 0.05) is 23.9 Å². The molecule has 1 aliphatic heterocycles. The fourth-order valence-electron chi connectivity index (χ4n) is 2.04. The van der Waals surface area contributed by atoms with Crippen LogP contribution in [0, 0.1) is 6.92 Å². The number of halogens is 1. The Balaban J connectivity index is 1.88. The lowest BCUT2D eigenvalue weighted by molar-refractivity contribution is -0.116. The van der Waals surface area contributed by atoms with Gasteiger partial charge >= 0.3 is 0 Å². The molecule has 0 saturated heterocycles. The normalized spacial score (nSPS) is 13.6. The van der Waals surface area contributed by atoms with E-state index in [0.29, 0.717) is 24.5 Å². The van der Waals surface area contributed by atoms with Gasteiger partial charge in [-0.25, -0.2) is 4.98 Å². The maximum atomic E-state index is 11.3. The summed E-state index contributed by atoms with van der Waals surface area (Å²) in [5.74, 6) is 1.15. The van der Waals surface area contributed by atoms with Crippen molar-refractivity contribution in [1.82, 2.24) is 9.97 Å². The highest BCUT2D eigenvalue weighted by atomic mass is 35.5. The first-order chi connectivity index (χ1) is 9.61. The number of carbonyl (C=O) groups is 1. The second-order valence-electron chi connectivity index (χ2n) is 4.60. The topological polar surface area (TPSA) is 64.1 Å². The summed E-state index contributed by atoms with van der Waals surface area (Å²) in [6.45, 7) is 1.85. The Morgan fingerprint density at radius 3 is 3.05 bits per heavy atom. The minimum absolute atomic E-state index is 0.0459. The number of aryl methyl sites for hydroxylation is 2. The van der Waals surface area contributed by atoms with Crippen molar-refractivity contribution in [3.8, 4) is 11.6 Å². The van der Waals surface area contributed by atoms with Crippen molar-refractivity contribution < 1.29 is 9.53 Å². The van der Waals surface area contributed by atoms with Crippen LogP contribution in [0.2, 0.25) is 5.28 Å². The molecule has 0 atom stereocenters. The monoisotopic (exact) mass is 289 g/mol. The number of nitrogens with zero attached hydrogens (tertiary/aromatic N) is 2. The molecule has 0 spiro atoms. The number of rotatable bonds is 2. The van der Waals surface area contributed by atoms with Crippen LogP contribution in [0.1, 0.15) is 17.5 Å². The molecule has 3 rings (SSSR count). The minimum Gasteiger partial charge on any atom is -0.439 e. The van der Waals surface area contributed by atoms with E-state index in [1.54, 1.807) is 12.3 Å². The summed E-state index contributed by atoms with van der Waals surface area (Å²) in [7, 11) is 0. The lowest BCUT2D eigenvalue weighted by atomic mass is 10.0. The fraction of sp³-hybridized carbons (Fsp3) is 0.214. The van der Waals surface area contributed by atoms with E-state index in [-0.39, 0.29) is 11.2 Å². The minimum atomic E-state index is 0.0459. The molecule has 2 heterocycles. The van der Waals surface area contributed by atoms with Gasteiger partial charge in [-0.05, 0) is 48.7 Å². The molecule has 1 aliphatic rings. The van der Waals surface area contributed by atoms with Crippen molar-refractivity contribution in [2.75, 3.05) is 5.32 Å². The van der Waals surface area contributed by atoms with Crippen LogP contribution in [0.3, 0.4) is 0 Å². The van der Waals surface area contributed by atoms with Gasteiger partial charge in [-0.3, -0.25) is 4.79 Å². The summed E-state index contributed by atoms with van der Waals surface area (Å²) in [6.07, 6.45) is 2.82. The average molecular weight is 290 g/mol. The van der Waals surface area contributed by atoms with E-state index in [1.807, 2.05) is 19.1 Å². The van der Waals surface area contributed by atoms with Gasteiger partial charge in [0.15, 0.2) is 0 Å². The van der Waals surface area contributed by atoms with E-state index in [9.17, 15) is 4.79 Å². The highest BCUT2D eigenvalue weighted by Gasteiger charge is 2.15. The molecule has 1 N–H and O–H groups in total. The average Bonchev–Trinajstić information content (AvgIpc) is 2.43. The largest absolute Gasteiger partial charge is 0.439 e. The molecule has 0 aliphatic carbocycles. The zero-order valence-corrected chi connectivity index (χ0v) is 11.6. The number of amides is 1.